The van der Waals surface area contributed by atoms with Crippen molar-refractivity contribution >= 4 is 23.1 Å². The second-order valence-corrected chi connectivity index (χ2v) is 5.15. The number of hydrogen-bond donors (Lipinski definition) is 0. The first kappa shape index (κ1) is 11.5. The Kier molecular flexibility index (Phi) is 3.55. The van der Waals surface area contributed by atoms with E-state index in [-0.39, 0.29) is 0 Å². The van der Waals surface area contributed by atoms with Crippen LogP contribution in [-0.2, 0) is 5.75 Å². The number of nitrogens with zero attached hydrogens (tertiary/aromatic N) is 3. The molecule has 7 heteroatoms. The number of rotatable bonds is 4. The molecule has 86 valence electrons. The summed E-state index contributed by atoms with van der Waals surface area (Å²) in [6.45, 7) is -0.628. The molecular weight excluding hydrogens is 252 g/mol. The van der Waals surface area contributed by atoms with Crippen LogP contribution >= 0.6 is 23.1 Å². The van der Waals surface area contributed by atoms with Crippen LogP contribution in [0.5, 0.6) is 0 Å². The summed E-state index contributed by atoms with van der Waals surface area (Å²) in [5.41, 5.74) is 0.949. The SMILES string of the molecule is Cc1csc(SCc2nccn2C(F)F)n1. The quantitative estimate of drug-likeness (QED) is 0.791. The van der Waals surface area contributed by atoms with Crippen molar-refractivity contribution in [3.8, 4) is 0 Å². The topological polar surface area (TPSA) is 30.7 Å². The summed E-state index contributed by atoms with van der Waals surface area (Å²) in [6, 6.07) is 0. The Balaban J connectivity index is 2.02. The number of aromatic nitrogens is 3. The third-order valence-corrected chi connectivity index (χ3v) is 4.02. The van der Waals surface area contributed by atoms with Crippen molar-refractivity contribution in [3.05, 3.63) is 29.3 Å². The molecule has 0 bridgehead atoms. The number of halogens is 2. The zero-order valence-electron chi connectivity index (χ0n) is 8.43. The highest BCUT2D eigenvalue weighted by molar-refractivity contribution is 8.00. The van der Waals surface area contributed by atoms with Crippen LogP contribution in [0, 0.1) is 6.92 Å². The van der Waals surface area contributed by atoms with Crippen molar-refractivity contribution in [1.29, 1.82) is 0 Å². The van der Waals surface area contributed by atoms with E-state index in [0.717, 1.165) is 14.6 Å². The smallest absolute Gasteiger partial charge is 0.277 e. The summed E-state index contributed by atoms with van der Waals surface area (Å²) in [7, 11) is 0. The second-order valence-electron chi connectivity index (χ2n) is 3.07. The first-order valence-electron chi connectivity index (χ1n) is 4.51. The lowest BCUT2D eigenvalue weighted by atomic mass is 10.6. The normalized spacial score (nSPS) is 11.2. The minimum absolute atomic E-state index is 0.368. The van der Waals surface area contributed by atoms with Gasteiger partial charge in [-0.15, -0.1) is 11.3 Å². The Hall–Kier alpha value is -0.950. The highest BCUT2D eigenvalue weighted by Gasteiger charge is 2.11. The summed E-state index contributed by atoms with van der Waals surface area (Å²) in [6.07, 6.45) is 2.67. The van der Waals surface area contributed by atoms with Crippen LogP contribution in [-0.4, -0.2) is 14.5 Å². The van der Waals surface area contributed by atoms with Crippen LogP contribution in [0.1, 0.15) is 18.1 Å². The van der Waals surface area contributed by atoms with Gasteiger partial charge in [0, 0.05) is 23.5 Å². The van der Waals surface area contributed by atoms with Crippen LogP contribution < -0.4 is 0 Å². The molecule has 0 aliphatic carbocycles. The molecule has 0 spiro atoms. The molecule has 3 nitrogen and oxygen atoms in total. The summed E-state index contributed by atoms with van der Waals surface area (Å²) in [5, 5.41) is 1.93. The van der Waals surface area contributed by atoms with Gasteiger partial charge < -0.3 is 0 Å². The Morgan fingerprint density at radius 3 is 3.00 bits per heavy atom. The van der Waals surface area contributed by atoms with Crippen molar-refractivity contribution in [3.63, 3.8) is 0 Å². The molecule has 0 amide bonds. The molecule has 0 unspecified atom stereocenters. The first-order chi connectivity index (χ1) is 7.66. The lowest BCUT2D eigenvalue weighted by Crippen LogP contribution is -2.01. The van der Waals surface area contributed by atoms with E-state index in [1.807, 2.05) is 12.3 Å². The minimum Gasteiger partial charge on any atom is -0.277 e. The van der Waals surface area contributed by atoms with Crippen molar-refractivity contribution < 1.29 is 8.78 Å². The molecular formula is C9H9F2N3S2. The average molecular weight is 261 g/mol. The summed E-state index contributed by atoms with van der Waals surface area (Å²) >= 11 is 2.93. The molecule has 16 heavy (non-hydrogen) atoms. The van der Waals surface area contributed by atoms with Crippen LogP contribution in [0.4, 0.5) is 8.78 Å². The Labute approximate surface area is 99.5 Å². The lowest BCUT2D eigenvalue weighted by molar-refractivity contribution is 0.0678. The summed E-state index contributed by atoms with van der Waals surface area (Å²) < 4.78 is 26.7. The number of imidazole rings is 1. The van der Waals surface area contributed by atoms with Gasteiger partial charge in [0.15, 0.2) is 4.34 Å². The maximum atomic E-state index is 12.5. The fourth-order valence-electron chi connectivity index (χ4n) is 1.16. The van der Waals surface area contributed by atoms with Crippen LogP contribution in [0.2, 0.25) is 0 Å². The number of thiazole rings is 1. The maximum Gasteiger partial charge on any atom is 0.319 e. The molecule has 0 saturated carbocycles. The van der Waals surface area contributed by atoms with Crippen molar-refractivity contribution in [2.75, 3.05) is 0 Å². The second kappa shape index (κ2) is 4.92. The van der Waals surface area contributed by atoms with E-state index in [0.29, 0.717) is 11.6 Å². The molecule has 0 aliphatic rings. The molecule has 0 aliphatic heterocycles. The van der Waals surface area contributed by atoms with Gasteiger partial charge in [-0.2, -0.15) is 8.78 Å². The fraction of sp³-hybridized carbons (Fsp3) is 0.333. The van der Waals surface area contributed by atoms with E-state index in [2.05, 4.69) is 9.97 Å². The third kappa shape index (κ3) is 2.59. The molecule has 0 fully saturated rings. The zero-order chi connectivity index (χ0) is 11.5. The van der Waals surface area contributed by atoms with Gasteiger partial charge in [-0.05, 0) is 6.92 Å². The zero-order valence-corrected chi connectivity index (χ0v) is 10.1. The minimum atomic E-state index is -2.53. The molecule has 2 heterocycles. The number of thioether (sulfide) groups is 1. The van der Waals surface area contributed by atoms with E-state index in [9.17, 15) is 8.78 Å². The molecule has 0 atom stereocenters. The van der Waals surface area contributed by atoms with Crippen molar-refractivity contribution in [1.82, 2.24) is 14.5 Å². The Bertz CT molecular complexity index is 467. The lowest BCUT2D eigenvalue weighted by Gasteiger charge is -2.04. The Morgan fingerprint density at radius 2 is 2.38 bits per heavy atom. The molecule has 2 aromatic rings. The van der Waals surface area contributed by atoms with Gasteiger partial charge in [0.25, 0.3) is 0 Å². The predicted octanol–water partition coefficient (Wildman–Crippen LogP) is 3.34. The first-order valence-corrected chi connectivity index (χ1v) is 6.38. The van der Waals surface area contributed by atoms with Gasteiger partial charge in [0.2, 0.25) is 0 Å². The number of hydrogen-bond acceptors (Lipinski definition) is 4. The summed E-state index contributed by atoms with van der Waals surface area (Å²) in [4.78, 5) is 8.14. The largest absolute Gasteiger partial charge is 0.319 e. The van der Waals surface area contributed by atoms with Gasteiger partial charge >= 0.3 is 6.55 Å². The molecule has 0 radical (unpaired) electrons. The number of alkyl halides is 2. The van der Waals surface area contributed by atoms with Crippen molar-refractivity contribution in [2.24, 2.45) is 0 Å². The molecule has 0 N–H and O–H groups in total. The van der Waals surface area contributed by atoms with Gasteiger partial charge in [-0.1, -0.05) is 11.8 Å². The van der Waals surface area contributed by atoms with Crippen LogP contribution in [0.25, 0.3) is 0 Å². The third-order valence-electron chi connectivity index (χ3n) is 1.88. The highest BCUT2D eigenvalue weighted by atomic mass is 32.2. The molecule has 2 aromatic heterocycles. The van der Waals surface area contributed by atoms with Gasteiger partial charge in [-0.25, -0.2) is 9.97 Å². The van der Waals surface area contributed by atoms with E-state index in [4.69, 9.17) is 0 Å². The molecule has 2 rings (SSSR count). The van der Waals surface area contributed by atoms with E-state index >= 15 is 0 Å². The molecule has 0 saturated heterocycles. The average Bonchev–Trinajstić information content (AvgIpc) is 2.83. The standard InChI is InChI=1S/C9H9F2N3S2/c1-6-4-15-9(13-6)16-5-7-12-2-3-14(7)8(10)11/h2-4,8H,5H2,1H3. The number of aryl methyl sites for hydroxylation is 1. The van der Waals surface area contributed by atoms with Gasteiger partial charge in [0.05, 0.1) is 5.75 Å². The monoisotopic (exact) mass is 261 g/mol. The predicted molar refractivity (Wildman–Crippen MR) is 59.9 cm³/mol. The van der Waals surface area contributed by atoms with E-state index < -0.39 is 6.55 Å². The van der Waals surface area contributed by atoms with Crippen molar-refractivity contribution in [2.45, 2.75) is 23.6 Å². The van der Waals surface area contributed by atoms with Crippen LogP contribution in [0.15, 0.2) is 22.1 Å². The van der Waals surface area contributed by atoms with Gasteiger partial charge in [-0.3, -0.25) is 4.57 Å². The van der Waals surface area contributed by atoms with E-state index in [1.54, 1.807) is 0 Å². The summed E-state index contributed by atoms with van der Waals surface area (Å²) in [5.74, 6) is 0.775. The highest BCUT2D eigenvalue weighted by Crippen LogP contribution is 2.26. The Morgan fingerprint density at radius 1 is 1.56 bits per heavy atom. The fourth-order valence-corrected chi connectivity index (χ4v) is 2.96. The van der Waals surface area contributed by atoms with E-state index in [1.165, 1.54) is 35.5 Å². The maximum absolute atomic E-state index is 12.5. The van der Waals surface area contributed by atoms with Crippen LogP contribution in [0.3, 0.4) is 0 Å². The van der Waals surface area contributed by atoms with Gasteiger partial charge in [0.1, 0.15) is 5.82 Å². The molecule has 0 aromatic carbocycles.